The number of hydrogen-bond acceptors (Lipinski definition) is 3. The highest BCUT2D eigenvalue weighted by Gasteiger charge is 2.19. The van der Waals surface area contributed by atoms with Crippen molar-refractivity contribution in [3.63, 3.8) is 0 Å². The molecule has 0 aromatic heterocycles. The molecule has 2 rings (SSSR count). The fourth-order valence-corrected chi connectivity index (χ4v) is 2.58. The Balaban J connectivity index is 1.97. The molecular formula is C16H25NO2. The van der Waals surface area contributed by atoms with Gasteiger partial charge in [-0.2, -0.15) is 0 Å². The van der Waals surface area contributed by atoms with Gasteiger partial charge in [0.25, 0.3) is 0 Å². The molecule has 0 spiro atoms. The number of aliphatic hydroxyl groups is 1. The summed E-state index contributed by atoms with van der Waals surface area (Å²) < 4.78 is 5.69. The monoisotopic (exact) mass is 263 g/mol. The van der Waals surface area contributed by atoms with E-state index in [1.54, 1.807) is 0 Å². The van der Waals surface area contributed by atoms with Crippen LogP contribution in [0.25, 0.3) is 0 Å². The maximum atomic E-state index is 9.52. The number of nitrogens with one attached hydrogen (secondary N) is 1. The molecule has 2 N–H and O–H groups in total. The van der Waals surface area contributed by atoms with Crippen LogP contribution in [0.5, 0.6) is 5.75 Å². The second-order valence-corrected chi connectivity index (χ2v) is 5.79. The van der Waals surface area contributed by atoms with Gasteiger partial charge in [-0.05, 0) is 70.2 Å². The van der Waals surface area contributed by atoms with Crippen LogP contribution in [0.15, 0.2) is 18.2 Å². The third kappa shape index (κ3) is 4.13. The van der Waals surface area contributed by atoms with Crippen LogP contribution in [0.3, 0.4) is 0 Å². The number of aryl methyl sites for hydroxylation is 1. The van der Waals surface area contributed by atoms with Crippen LogP contribution in [0, 0.1) is 6.92 Å². The van der Waals surface area contributed by atoms with Gasteiger partial charge in [0.05, 0.1) is 12.2 Å². The van der Waals surface area contributed by atoms with E-state index in [0.717, 1.165) is 31.4 Å². The van der Waals surface area contributed by atoms with E-state index in [1.165, 1.54) is 11.3 Å². The van der Waals surface area contributed by atoms with Gasteiger partial charge in [-0.3, -0.25) is 0 Å². The van der Waals surface area contributed by atoms with E-state index < -0.39 is 0 Å². The van der Waals surface area contributed by atoms with Crippen LogP contribution in [0.1, 0.15) is 45.1 Å². The van der Waals surface area contributed by atoms with Crippen molar-refractivity contribution >= 4 is 5.69 Å². The summed E-state index contributed by atoms with van der Waals surface area (Å²) in [6.45, 7) is 6.18. The Kier molecular flexibility index (Phi) is 4.70. The molecule has 1 saturated carbocycles. The molecule has 1 fully saturated rings. The number of hydrogen-bond donors (Lipinski definition) is 2. The summed E-state index contributed by atoms with van der Waals surface area (Å²) in [6, 6.07) is 6.68. The van der Waals surface area contributed by atoms with E-state index in [1.807, 2.05) is 19.9 Å². The zero-order valence-electron chi connectivity index (χ0n) is 12.1. The van der Waals surface area contributed by atoms with Crippen LogP contribution in [-0.2, 0) is 0 Å². The van der Waals surface area contributed by atoms with Crippen molar-refractivity contribution in [2.45, 2.75) is 64.7 Å². The van der Waals surface area contributed by atoms with Gasteiger partial charge in [0.2, 0.25) is 0 Å². The zero-order chi connectivity index (χ0) is 13.8. The Bertz CT molecular complexity index is 409. The minimum absolute atomic E-state index is 0.0963. The molecule has 0 radical (unpaired) electrons. The lowest BCUT2D eigenvalue weighted by Crippen LogP contribution is -2.28. The van der Waals surface area contributed by atoms with Crippen molar-refractivity contribution in [2.75, 3.05) is 5.32 Å². The van der Waals surface area contributed by atoms with Gasteiger partial charge < -0.3 is 15.2 Å². The van der Waals surface area contributed by atoms with Crippen molar-refractivity contribution in [3.05, 3.63) is 23.8 Å². The lowest BCUT2D eigenvalue weighted by atomic mass is 9.93. The lowest BCUT2D eigenvalue weighted by Gasteiger charge is -2.27. The summed E-state index contributed by atoms with van der Waals surface area (Å²) in [5.74, 6) is 0.928. The largest absolute Gasteiger partial charge is 0.491 e. The first-order valence-electron chi connectivity index (χ1n) is 7.26. The summed E-state index contributed by atoms with van der Waals surface area (Å²) in [7, 11) is 0. The van der Waals surface area contributed by atoms with Gasteiger partial charge in [0, 0.05) is 11.7 Å². The number of anilines is 1. The SMILES string of the molecule is Cc1cc(OC(C)C)ccc1NC1CCC(O)CC1. The first-order valence-corrected chi connectivity index (χ1v) is 7.26. The number of benzene rings is 1. The number of aliphatic hydroxyl groups excluding tert-OH is 1. The molecule has 0 saturated heterocycles. The smallest absolute Gasteiger partial charge is 0.120 e. The van der Waals surface area contributed by atoms with Crippen LogP contribution in [-0.4, -0.2) is 23.4 Å². The van der Waals surface area contributed by atoms with Gasteiger partial charge in [-0.15, -0.1) is 0 Å². The van der Waals surface area contributed by atoms with Crippen molar-refractivity contribution in [2.24, 2.45) is 0 Å². The van der Waals surface area contributed by atoms with E-state index in [2.05, 4.69) is 24.4 Å². The third-order valence-corrected chi connectivity index (χ3v) is 3.63. The maximum Gasteiger partial charge on any atom is 0.120 e. The van der Waals surface area contributed by atoms with E-state index >= 15 is 0 Å². The van der Waals surface area contributed by atoms with Crippen molar-refractivity contribution < 1.29 is 9.84 Å². The highest BCUT2D eigenvalue weighted by Crippen LogP contribution is 2.26. The highest BCUT2D eigenvalue weighted by molar-refractivity contribution is 5.54. The molecular weight excluding hydrogens is 238 g/mol. The van der Waals surface area contributed by atoms with Crippen LogP contribution >= 0.6 is 0 Å². The topological polar surface area (TPSA) is 41.5 Å². The maximum absolute atomic E-state index is 9.52. The standard InChI is InChI=1S/C16H25NO2/c1-11(2)19-15-8-9-16(12(3)10-15)17-13-4-6-14(18)7-5-13/h8-11,13-14,17-18H,4-7H2,1-3H3. The molecule has 0 aliphatic heterocycles. The molecule has 0 amide bonds. The Morgan fingerprint density at radius 1 is 1.21 bits per heavy atom. The summed E-state index contributed by atoms with van der Waals surface area (Å²) in [4.78, 5) is 0. The first-order chi connectivity index (χ1) is 9.04. The molecule has 0 atom stereocenters. The number of ether oxygens (including phenoxy) is 1. The Labute approximate surface area is 116 Å². The van der Waals surface area contributed by atoms with Gasteiger partial charge in [0.1, 0.15) is 5.75 Å². The van der Waals surface area contributed by atoms with Gasteiger partial charge in [0.15, 0.2) is 0 Å². The fraction of sp³-hybridized carbons (Fsp3) is 0.625. The molecule has 19 heavy (non-hydrogen) atoms. The summed E-state index contributed by atoms with van der Waals surface area (Å²) in [5, 5.41) is 13.1. The average molecular weight is 263 g/mol. The fourth-order valence-electron chi connectivity index (χ4n) is 2.58. The predicted molar refractivity (Wildman–Crippen MR) is 78.8 cm³/mol. The Morgan fingerprint density at radius 3 is 2.47 bits per heavy atom. The molecule has 1 aliphatic carbocycles. The van der Waals surface area contributed by atoms with E-state index in [-0.39, 0.29) is 12.2 Å². The quantitative estimate of drug-likeness (QED) is 0.873. The highest BCUT2D eigenvalue weighted by atomic mass is 16.5. The minimum atomic E-state index is -0.0963. The second-order valence-electron chi connectivity index (χ2n) is 5.79. The Hall–Kier alpha value is -1.22. The average Bonchev–Trinajstić information content (AvgIpc) is 2.34. The second kappa shape index (κ2) is 6.29. The lowest BCUT2D eigenvalue weighted by molar-refractivity contribution is 0.126. The van der Waals surface area contributed by atoms with Gasteiger partial charge in [-0.1, -0.05) is 0 Å². The summed E-state index contributed by atoms with van der Waals surface area (Å²) in [6.07, 6.45) is 4.02. The normalized spacial score (nSPS) is 23.4. The van der Waals surface area contributed by atoms with Crippen molar-refractivity contribution in [3.8, 4) is 5.75 Å². The predicted octanol–water partition coefficient (Wildman–Crippen LogP) is 3.50. The van der Waals surface area contributed by atoms with Gasteiger partial charge >= 0.3 is 0 Å². The zero-order valence-corrected chi connectivity index (χ0v) is 12.1. The number of rotatable bonds is 4. The van der Waals surface area contributed by atoms with E-state index in [0.29, 0.717) is 6.04 Å². The third-order valence-electron chi connectivity index (χ3n) is 3.63. The van der Waals surface area contributed by atoms with Gasteiger partial charge in [-0.25, -0.2) is 0 Å². The molecule has 1 aromatic rings. The van der Waals surface area contributed by atoms with E-state index in [4.69, 9.17) is 4.74 Å². The van der Waals surface area contributed by atoms with Crippen molar-refractivity contribution in [1.82, 2.24) is 0 Å². The molecule has 3 nitrogen and oxygen atoms in total. The molecule has 0 unspecified atom stereocenters. The van der Waals surface area contributed by atoms with Crippen LogP contribution in [0.2, 0.25) is 0 Å². The molecule has 0 bridgehead atoms. The molecule has 106 valence electrons. The van der Waals surface area contributed by atoms with Crippen LogP contribution in [0.4, 0.5) is 5.69 Å². The summed E-state index contributed by atoms with van der Waals surface area (Å²) >= 11 is 0. The molecule has 3 heteroatoms. The van der Waals surface area contributed by atoms with Crippen molar-refractivity contribution in [1.29, 1.82) is 0 Å². The van der Waals surface area contributed by atoms with Crippen LogP contribution < -0.4 is 10.1 Å². The summed E-state index contributed by atoms with van der Waals surface area (Å²) in [5.41, 5.74) is 2.39. The minimum Gasteiger partial charge on any atom is -0.491 e. The molecule has 1 aliphatic rings. The molecule has 1 aromatic carbocycles. The Morgan fingerprint density at radius 2 is 1.89 bits per heavy atom. The molecule has 0 heterocycles. The van der Waals surface area contributed by atoms with E-state index in [9.17, 15) is 5.11 Å². The first kappa shape index (κ1) is 14.2.